The van der Waals surface area contributed by atoms with Gasteiger partial charge in [-0.25, -0.2) is 9.13 Å². The van der Waals surface area contributed by atoms with E-state index in [0.717, 1.165) is 102 Å². The molecular weight excluding hydrogens is 1210 g/mol. The number of phosphoric ester groups is 2. The van der Waals surface area contributed by atoms with Crippen LogP contribution in [0.5, 0.6) is 0 Å². The molecule has 0 saturated heterocycles. The Bertz CT molecular complexity index is 1790. The SMILES string of the molecule is CCCCCCCCCCCCCCC(=O)OC[C@H](COP(=O)(O)OC[C@H](O)COP(=O)(O)OC[C@@H](COC(=O)CCCCCCCCCCC(C)CC)OC(=O)CCCCCCCCCCCCCCCC(C)C)OC(=O)CCCCCCCCCCCCCC. The van der Waals surface area contributed by atoms with E-state index < -0.39 is 97.5 Å². The number of rotatable bonds is 72. The highest BCUT2D eigenvalue weighted by atomic mass is 31.2. The van der Waals surface area contributed by atoms with E-state index in [9.17, 15) is 43.2 Å². The summed E-state index contributed by atoms with van der Waals surface area (Å²) >= 11 is 0. The summed E-state index contributed by atoms with van der Waals surface area (Å²) in [6.45, 7) is 9.60. The second-order valence-corrected chi connectivity index (χ2v) is 30.0. The van der Waals surface area contributed by atoms with Gasteiger partial charge in [0, 0.05) is 25.7 Å². The lowest BCUT2D eigenvalue weighted by Crippen LogP contribution is -2.30. The molecule has 0 rings (SSSR count). The summed E-state index contributed by atoms with van der Waals surface area (Å²) in [4.78, 5) is 72.7. The molecule has 0 aromatic carbocycles. The lowest BCUT2D eigenvalue weighted by Gasteiger charge is -2.21. The molecule has 3 unspecified atom stereocenters. The molecule has 0 aliphatic carbocycles. The summed E-state index contributed by atoms with van der Waals surface area (Å²) in [7, 11) is -9.91. The van der Waals surface area contributed by atoms with Crippen LogP contribution in [0.2, 0.25) is 0 Å². The molecule has 546 valence electrons. The first-order valence-corrected chi connectivity index (χ1v) is 41.0. The number of esters is 4. The highest BCUT2D eigenvalue weighted by Gasteiger charge is 2.30. The summed E-state index contributed by atoms with van der Waals surface area (Å²) in [6, 6.07) is 0. The Hall–Kier alpha value is -1.94. The number of aliphatic hydroxyl groups excluding tert-OH is 1. The van der Waals surface area contributed by atoms with Gasteiger partial charge in [-0.1, -0.05) is 324 Å². The molecule has 0 aliphatic heterocycles. The highest BCUT2D eigenvalue weighted by Crippen LogP contribution is 2.45. The van der Waals surface area contributed by atoms with Gasteiger partial charge in [0.2, 0.25) is 0 Å². The molecule has 17 nitrogen and oxygen atoms in total. The van der Waals surface area contributed by atoms with Crippen molar-refractivity contribution in [3.05, 3.63) is 0 Å². The molecule has 0 fully saturated rings. The molecule has 0 aromatic rings. The summed E-state index contributed by atoms with van der Waals surface area (Å²) < 4.78 is 68.4. The normalized spacial score (nSPS) is 14.4. The topological polar surface area (TPSA) is 237 Å². The summed E-state index contributed by atoms with van der Waals surface area (Å²) in [5.74, 6) is -0.554. The van der Waals surface area contributed by atoms with Crippen molar-refractivity contribution in [2.24, 2.45) is 11.8 Å². The predicted octanol–water partition coefficient (Wildman–Crippen LogP) is 21.2. The largest absolute Gasteiger partial charge is 0.472 e. The van der Waals surface area contributed by atoms with E-state index in [0.29, 0.717) is 25.7 Å². The van der Waals surface area contributed by atoms with Crippen LogP contribution in [0, 0.1) is 11.8 Å². The van der Waals surface area contributed by atoms with Gasteiger partial charge in [0.25, 0.3) is 0 Å². The molecule has 0 aliphatic rings. The Morgan fingerprint density at radius 3 is 0.826 bits per heavy atom. The number of phosphoric acid groups is 2. The van der Waals surface area contributed by atoms with Crippen LogP contribution < -0.4 is 0 Å². The number of unbranched alkanes of at least 4 members (excludes halogenated alkanes) is 41. The molecule has 0 spiro atoms. The first kappa shape index (κ1) is 90.1. The summed E-state index contributed by atoms with van der Waals surface area (Å²) in [5.41, 5.74) is 0. The molecule has 0 aromatic heterocycles. The third kappa shape index (κ3) is 65.4. The number of hydrogen-bond donors (Lipinski definition) is 3. The second kappa shape index (κ2) is 65.0. The van der Waals surface area contributed by atoms with Crippen molar-refractivity contribution in [3.8, 4) is 0 Å². The minimum atomic E-state index is -4.95. The molecule has 0 radical (unpaired) electrons. The molecule has 0 amide bonds. The maximum Gasteiger partial charge on any atom is 0.472 e. The molecule has 92 heavy (non-hydrogen) atoms. The van der Waals surface area contributed by atoms with Gasteiger partial charge < -0.3 is 33.8 Å². The molecule has 0 saturated carbocycles. The minimum absolute atomic E-state index is 0.107. The fourth-order valence-electron chi connectivity index (χ4n) is 11.1. The van der Waals surface area contributed by atoms with Crippen molar-refractivity contribution in [2.75, 3.05) is 39.6 Å². The van der Waals surface area contributed by atoms with Gasteiger partial charge in [-0.15, -0.1) is 0 Å². The van der Waals surface area contributed by atoms with Gasteiger partial charge in [0.15, 0.2) is 12.2 Å². The highest BCUT2D eigenvalue weighted by molar-refractivity contribution is 7.47. The van der Waals surface area contributed by atoms with E-state index in [1.54, 1.807) is 0 Å². The zero-order valence-corrected chi connectivity index (χ0v) is 61.6. The van der Waals surface area contributed by atoms with Crippen molar-refractivity contribution in [2.45, 2.75) is 394 Å². The molecule has 6 atom stereocenters. The van der Waals surface area contributed by atoms with Crippen molar-refractivity contribution in [1.82, 2.24) is 0 Å². The maximum atomic E-state index is 13.1. The zero-order valence-electron chi connectivity index (χ0n) is 59.9. The number of carbonyl (C=O) groups excluding carboxylic acids is 4. The van der Waals surface area contributed by atoms with Crippen LogP contribution in [0.3, 0.4) is 0 Å². The van der Waals surface area contributed by atoms with E-state index in [1.807, 2.05) is 0 Å². The smallest absolute Gasteiger partial charge is 0.462 e. The number of ether oxygens (including phenoxy) is 4. The second-order valence-electron chi connectivity index (χ2n) is 27.1. The molecule has 3 N–H and O–H groups in total. The van der Waals surface area contributed by atoms with E-state index in [2.05, 4.69) is 41.5 Å². The number of hydrogen-bond acceptors (Lipinski definition) is 15. The zero-order chi connectivity index (χ0) is 67.9. The Balaban J connectivity index is 5.26. The average molecular weight is 1350 g/mol. The van der Waals surface area contributed by atoms with Crippen LogP contribution >= 0.6 is 15.6 Å². The van der Waals surface area contributed by atoms with Gasteiger partial charge >= 0.3 is 39.5 Å². The molecular formula is C73H142O17P2. The van der Waals surface area contributed by atoms with Gasteiger partial charge in [-0.05, 0) is 37.5 Å². The van der Waals surface area contributed by atoms with Crippen LogP contribution in [0.25, 0.3) is 0 Å². The van der Waals surface area contributed by atoms with Crippen molar-refractivity contribution in [3.63, 3.8) is 0 Å². The predicted molar refractivity (Wildman–Crippen MR) is 372 cm³/mol. The summed E-state index contributed by atoms with van der Waals surface area (Å²) in [6.07, 6.45) is 51.1. The minimum Gasteiger partial charge on any atom is -0.462 e. The fourth-order valence-corrected chi connectivity index (χ4v) is 12.7. The van der Waals surface area contributed by atoms with Gasteiger partial charge in [-0.3, -0.25) is 37.3 Å². The Labute approximate surface area is 562 Å². The van der Waals surface area contributed by atoms with Crippen molar-refractivity contribution in [1.29, 1.82) is 0 Å². The Morgan fingerprint density at radius 1 is 0.315 bits per heavy atom. The lowest BCUT2D eigenvalue weighted by atomic mass is 9.99. The number of carbonyl (C=O) groups is 4. The van der Waals surface area contributed by atoms with Crippen molar-refractivity contribution < 1.29 is 80.2 Å². The van der Waals surface area contributed by atoms with Gasteiger partial charge in [0.1, 0.15) is 19.3 Å². The van der Waals surface area contributed by atoms with Crippen LogP contribution in [-0.2, 0) is 65.4 Å². The van der Waals surface area contributed by atoms with Crippen LogP contribution in [0.4, 0.5) is 0 Å². The monoisotopic (exact) mass is 1350 g/mol. The van der Waals surface area contributed by atoms with Gasteiger partial charge in [0.05, 0.1) is 26.4 Å². The molecule has 0 bridgehead atoms. The Morgan fingerprint density at radius 2 is 0.554 bits per heavy atom. The first-order valence-electron chi connectivity index (χ1n) is 38.0. The molecule has 19 heteroatoms. The van der Waals surface area contributed by atoms with Gasteiger partial charge in [-0.2, -0.15) is 0 Å². The third-order valence-corrected chi connectivity index (χ3v) is 19.2. The first-order chi connectivity index (χ1) is 44.4. The van der Waals surface area contributed by atoms with E-state index >= 15 is 0 Å². The summed E-state index contributed by atoms with van der Waals surface area (Å²) in [5, 5.41) is 10.6. The quantitative estimate of drug-likeness (QED) is 0.0222. The third-order valence-electron chi connectivity index (χ3n) is 17.3. The van der Waals surface area contributed by atoms with Crippen LogP contribution in [-0.4, -0.2) is 96.7 Å². The number of aliphatic hydroxyl groups is 1. The van der Waals surface area contributed by atoms with Crippen LogP contribution in [0.1, 0.15) is 375 Å². The lowest BCUT2D eigenvalue weighted by molar-refractivity contribution is -0.161. The molecule has 0 heterocycles. The maximum absolute atomic E-state index is 13.1. The van der Waals surface area contributed by atoms with Crippen LogP contribution in [0.15, 0.2) is 0 Å². The van der Waals surface area contributed by atoms with E-state index in [4.69, 9.17) is 37.0 Å². The average Bonchev–Trinajstić information content (AvgIpc) is 1.62. The van der Waals surface area contributed by atoms with Crippen molar-refractivity contribution >= 4 is 39.5 Å². The van der Waals surface area contributed by atoms with E-state index in [-0.39, 0.29) is 25.7 Å². The fraction of sp³-hybridized carbons (Fsp3) is 0.945. The Kier molecular flexibility index (Phi) is 63.7. The van der Waals surface area contributed by atoms with E-state index in [1.165, 1.54) is 193 Å². The standard InChI is InChI=1S/C73H142O17P2/c1-7-10-12-14-16-18-20-26-30-37-43-49-55-70(75)83-61-68(89-72(77)57-51-45-39-31-27-21-19-17-15-13-11-8-2)63-87-91(79,80)85-59-67(74)60-86-92(81,82)88-64-69(62-84-71(76)56-50-44-38-34-33-36-42-48-54-66(6)9-3)90-73(78)58-52-46-40-32-28-24-22-23-25-29-35-41-47-53-65(4)5/h65-69,74H,7-64H2,1-6H3,(H,79,80)(H,81,82)/t66?,67-,68+,69+/m0/s1.